The first-order chi connectivity index (χ1) is 8.84. The molecular weight excluding hydrogens is 244 g/mol. The molecule has 0 saturated carbocycles. The zero-order valence-electron chi connectivity index (χ0n) is 10.8. The van der Waals surface area contributed by atoms with E-state index in [4.69, 9.17) is 11.6 Å². The fraction of sp³-hybridized carbons (Fsp3) is 0.600. The van der Waals surface area contributed by atoms with Crippen molar-refractivity contribution in [3.63, 3.8) is 0 Å². The maximum atomic E-state index is 6.47. The molecule has 2 fully saturated rings. The minimum absolute atomic E-state index is 0.642. The molecule has 3 rings (SSSR count). The molecule has 98 valence electrons. The largest absolute Gasteiger partial charge is 0.370 e. The quantitative estimate of drug-likeness (QED) is 0.881. The number of piperidine rings is 1. The number of hydrogen-bond acceptors (Lipinski definition) is 2. The molecule has 18 heavy (non-hydrogen) atoms. The smallest absolute Gasteiger partial charge is 0.0642 e. The summed E-state index contributed by atoms with van der Waals surface area (Å²) in [6.07, 6.45) is 5.15. The van der Waals surface area contributed by atoms with Gasteiger partial charge in [0.2, 0.25) is 0 Å². The maximum absolute atomic E-state index is 6.47. The molecule has 0 bridgehead atoms. The Hall–Kier alpha value is -0.730. The van der Waals surface area contributed by atoms with E-state index in [2.05, 4.69) is 28.4 Å². The predicted octanol–water partition coefficient (Wildman–Crippen LogP) is 3.41. The van der Waals surface area contributed by atoms with Crippen LogP contribution in [0.15, 0.2) is 18.2 Å². The van der Waals surface area contributed by atoms with Gasteiger partial charge in [0.25, 0.3) is 0 Å². The average molecular weight is 265 g/mol. The van der Waals surface area contributed by atoms with Gasteiger partial charge in [0.1, 0.15) is 0 Å². The van der Waals surface area contributed by atoms with Gasteiger partial charge in [0.15, 0.2) is 0 Å². The van der Waals surface area contributed by atoms with Crippen LogP contribution in [0, 0.1) is 0 Å². The Kier molecular flexibility index (Phi) is 3.76. The highest BCUT2D eigenvalue weighted by molar-refractivity contribution is 6.33. The van der Waals surface area contributed by atoms with Gasteiger partial charge in [-0.05, 0) is 55.8 Å². The van der Waals surface area contributed by atoms with Gasteiger partial charge >= 0.3 is 0 Å². The van der Waals surface area contributed by atoms with Gasteiger partial charge < -0.3 is 10.2 Å². The first-order valence-electron chi connectivity index (χ1n) is 7.10. The van der Waals surface area contributed by atoms with Crippen molar-refractivity contribution in [2.24, 2.45) is 0 Å². The van der Waals surface area contributed by atoms with Crippen LogP contribution in [0.2, 0.25) is 5.02 Å². The Morgan fingerprint density at radius 3 is 2.67 bits per heavy atom. The highest BCUT2D eigenvalue weighted by atomic mass is 35.5. The van der Waals surface area contributed by atoms with Crippen LogP contribution < -0.4 is 10.2 Å². The molecule has 0 spiro atoms. The summed E-state index contributed by atoms with van der Waals surface area (Å²) in [5, 5.41) is 4.40. The summed E-state index contributed by atoms with van der Waals surface area (Å²) in [5.41, 5.74) is 2.62. The summed E-state index contributed by atoms with van der Waals surface area (Å²) in [6.45, 7) is 4.57. The van der Waals surface area contributed by atoms with Gasteiger partial charge in [-0.1, -0.05) is 17.7 Å². The van der Waals surface area contributed by atoms with Crippen molar-refractivity contribution in [2.45, 2.75) is 31.6 Å². The molecule has 2 aliphatic heterocycles. The summed E-state index contributed by atoms with van der Waals surface area (Å²) >= 11 is 6.47. The number of anilines is 1. The predicted molar refractivity (Wildman–Crippen MR) is 77.7 cm³/mol. The summed E-state index contributed by atoms with van der Waals surface area (Å²) in [6, 6.07) is 6.68. The number of nitrogens with zero attached hydrogens (tertiary/aromatic N) is 1. The van der Waals surface area contributed by atoms with Crippen LogP contribution in [0.25, 0.3) is 0 Å². The summed E-state index contributed by atoms with van der Waals surface area (Å²) < 4.78 is 0. The molecule has 1 unspecified atom stereocenters. The molecule has 1 aromatic carbocycles. The highest BCUT2D eigenvalue weighted by Gasteiger charge is 2.19. The number of halogens is 1. The molecule has 0 aromatic heterocycles. The Labute approximate surface area is 114 Å². The van der Waals surface area contributed by atoms with Gasteiger partial charge in [0, 0.05) is 19.6 Å². The highest BCUT2D eigenvalue weighted by Crippen LogP contribution is 2.33. The van der Waals surface area contributed by atoms with Crippen LogP contribution in [0.5, 0.6) is 0 Å². The normalized spacial score (nSPS) is 24.5. The lowest BCUT2D eigenvalue weighted by Gasteiger charge is -2.25. The SMILES string of the molecule is Clc1cc(C2CCCNC2)ccc1N1CCCC1. The first-order valence-corrected chi connectivity index (χ1v) is 7.47. The fourth-order valence-corrected chi connectivity index (χ4v) is 3.44. The maximum Gasteiger partial charge on any atom is 0.0642 e. The zero-order chi connectivity index (χ0) is 12.4. The molecule has 1 aromatic rings. The van der Waals surface area contributed by atoms with Gasteiger partial charge in [0.05, 0.1) is 10.7 Å². The van der Waals surface area contributed by atoms with E-state index in [-0.39, 0.29) is 0 Å². The van der Waals surface area contributed by atoms with Gasteiger partial charge in [-0.15, -0.1) is 0 Å². The molecule has 2 aliphatic rings. The summed E-state index contributed by atoms with van der Waals surface area (Å²) in [4.78, 5) is 2.41. The molecule has 0 radical (unpaired) electrons. The van der Waals surface area contributed by atoms with Gasteiger partial charge in [-0.25, -0.2) is 0 Å². The Bertz CT molecular complexity index is 407. The standard InChI is InChI=1S/C15H21ClN2/c16-14-10-12(13-4-3-7-17-11-13)5-6-15(14)18-8-1-2-9-18/h5-6,10,13,17H,1-4,7-9,11H2. The van der Waals surface area contributed by atoms with E-state index in [9.17, 15) is 0 Å². The third kappa shape index (κ3) is 2.50. The van der Waals surface area contributed by atoms with Gasteiger partial charge in [-0.3, -0.25) is 0 Å². The van der Waals surface area contributed by atoms with E-state index < -0.39 is 0 Å². The second-order valence-electron chi connectivity index (χ2n) is 5.45. The Morgan fingerprint density at radius 2 is 2.00 bits per heavy atom. The van der Waals surface area contributed by atoms with E-state index in [1.807, 2.05) is 0 Å². The van der Waals surface area contributed by atoms with Crippen molar-refractivity contribution in [2.75, 3.05) is 31.1 Å². The van der Waals surface area contributed by atoms with Crippen molar-refractivity contribution >= 4 is 17.3 Å². The first kappa shape index (κ1) is 12.3. The fourth-order valence-electron chi connectivity index (χ4n) is 3.13. The molecule has 2 nitrogen and oxygen atoms in total. The molecule has 1 atom stereocenters. The van der Waals surface area contributed by atoms with Crippen molar-refractivity contribution < 1.29 is 0 Å². The van der Waals surface area contributed by atoms with Crippen molar-refractivity contribution in [3.8, 4) is 0 Å². The van der Waals surface area contributed by atoms with Crippen LogP contribution >= 0.6 is 11.6 Å². The monoisotopic (exact) mass is 264 g/mol. The van der Waals surface area contributed by atoms with Crippen molar-refractivity contribution in [1.82, 2.24) is 5.32 Å². The van der Waals surface area contributed by atoms with E-state index in [1.54, 1.807) is 0 Å². The van der Waals surface area contributed by atoms with E-state index in [0.29, 0.717) is 5.92 Å². The third-order valence-corrected chi connectivity index (χ3v) is 4.49. The third-order valence-electron chi connectivity index (χ3n) is 4.19. The molecule has 2 saturated heterocycles. The van der Waals surface area contributed by atoms with E-state index in [0.717, 1.165) is 31.2 Å². The van der Waals surface area contributed by atoms with Crippen molar-refractivity contribution in [1.29, 1.82) is 0 Å². The summed E-state index contributed by atoms with van der Waals surface area (Å²) in [5.74, 6) is 0.642. The summed E-state index contributed by atoms with van der Waals surface area (Å²) in [7, 11) is 0. The van der Waals surface area contributed by atoms with Gasteiger partial charge in [-0.2, -0.15) is 0 Å². The second kappa shape index (κ2) is 5.50. The number of benzene rings is 1. The minimum atomic E-state index is 0.642. The Morgan fingerprint density at radius 1 is 1.17 bits per heavy atom. The number of rotatable bonds is 2. The molecular formula is C15H21ClN2. The number of nitrogens with one attached hydrogen (secondary N) is 1. The van der Waals surface area contributed by atoms with Crippen molar-refractivity contribution in [3.05, 3.63) is 28.8 Å². The molecule has 2 heterocycles. The van der Waals surface area contributed by atoms with Crippen LogP contribution in [0.4, 0.5) is 5.69 Å². The lowest BCUT2D eigenvalue weighted by atomic mass is 9.91. The molecule has 0 amide bonds. The lowest BCUT2D eigenvalue weighted by Crippen LogP contribution is -2.28. The second-order valence-corrected chi connectivity index (χ2v) is 5.86. The molecule has 1 N–H and O–H groups in total. The van der Waals surface area contributed by atoms with Crippen LogP contribution in [-0.2, 0) is 0 Å². The van der Waals surface area contributed by atoms with Crippen LogP contribution in [-0.4, -0.2) is 26.2 Å². The zero-order valence-corrected chi connectivity index (χ0v) is 11.5. The lowest BCUT2D eigenvalue weighted by molar-refractivity contribution is 0.461. The van der Waals surface area contributed by atoms with Crippen LogP contribution in [0.1, 0.15) is 37.2 Å². The topological polar surface area (TPSA) is 15.3 Å². The molecule has 3 heteroatoms. The van der Waals surface area contributed by atoms with E-state index in [1.165, 1.54) is 36.9 Å². The van der Waals surface area contributed by atoms with E-state index >= 15 is 0 Å². The average Bonchev–Trinajstić information content (AvgIpc) is 2.93. The minimum Gasteiger partial charge on any atom is -0.370 e. The number of hydrogen-bond donors (Lipinski definition) is 1. The van der Waals surface area contributed by atoms with Crippen LogP contribution in [0.3, 0.4) is 0 Å². The molecule has 0 aliphatic carbocycles. The Balaban J connectivity index is 1.79.